The number of methoxy groups -OCH3 is 2. The first-order valence-corrected chi connectivity index (χ1v) is 8.82. The number of aromatic nitrogens is 3. The average Bonchev–Trinajstić information content (AvgIpc) is 3.37. The Labute approximate surface area is 158 Å². The van der Waals surface area contributed by atoms with Gasteiger partial charge in [-0.25, -0.2) is 4.68 Å². The Kier molecular flexibility index (Phi) is 4.93. The predicted molar refractivity (Wildman–Crippen MR) is 101 cm³/mol. The van der Waals surface area contributed by atoms with E-state index in [1.54, 1.807) is 14.2 Å². The quantitative estimate of drug-likeness (QED) is 0.669. The number of nitrogens with zero attached hydrogens (tertiary/aromatic N) is 4. The number of benzene rings is 2. The first-order chi connectivity index (χ1) is 13.3. The summed E-state index contributed by atoms with van der Waals surface area (Å²) < 4.78 is 18.4. The Morgan fingerprint density at radius 2 is 1.85 bits per heavy atom. The highest BCUT2D eigenvalue weighted by Crippen LogP contribution is 2.32. The third-order valence-corrected chi connectivity index (χ3v) is 4.56. The molecule has 27 heavy (non-hydrogen) atoms. The van der Waals surface area contributed by atoms with Crippen LogP contribution in [0.4, 0.5) is 5.69 Å². The molecule has 0 spiro atoms. The van der Waals surface area contributed by atoms with Crippen molar-refractivity contribution >= 4 is 5.69 Å². The van der Waals surface area contributed by atoms with Gasteiger partial charge in [0.2, 0.25) is 0 Å². The molecular weight excluding hydrogens is 344 g/mol. The van der Waals surface area contributed by atoms with Gasteiger partial charge in [-0.3, -0.25) is 0 Å². The summed E-state index contributed by atoms with van der Waals surface area (Å²) >= 11 is 0. The molecule has 140 valence electrons. The molecule has 1 fully saturated rings. The molecule has 2 aromatic carbocycles. The average molecular weight is 366 g/mol. The fourth-order valence-electron chi connectivity index (χ4n) is 3.23. The van der Waals surface area contributed by atoms with Crippen LogP contribution in [0.2, 0.25) is 0 Å². The Morgan fingerprint density at radius 1 is 1.07 bits per heavy atom. The van der Waals surface area contributed by atoms with Gasteiger partial charge in [0.25, 0.3) is 0 Å². The molecule has 0 aliphatic carbocycles. The summed E-state index contributed by atoms with van der Waals surface area (Å²) in [4.78, 5) is 2.17. The van der Waals surface area contributed by atoms with Crippen molar-refractivity contribution in [1.82, 2.24) is 15.0 Å². The van der Waals surface area contributed by atoms with Crippen LogP contribution in [0.3, 0.4) is 0 Å². The van der Waals surface area contributed by atoms with E-state index in [4.69, 9.17) is 14.2 Å². The SMILES string of the molecule is COc1cccc(Cn2cc([C@H]3OCCN3c3cccc(OC)c3)nn2)c1. The van der Waals surface area contributed by atoms with E-state index in [1.165, 1.54) is 0 Å². The molecule has 0 N–H and O–H groups in total. The van der Waals surface area contributed by atoms with Crippen molar-refractivity contribution in [2.24, 2.45) is 0 Å². The lowest BCUT2D eigenvalue weighted by atomic mass is 10.2. The van der Waals surface area contributed by atoms with Gasteiger partial charge in [-0.05, 0) is 29.8 Å². The maximum absolute atomic E-state index is 5.93. The zero-order valence-electron chi connectivity index (χ0n) is 15.4. The van der Waals surface area contributed by atoms with E-state index in [-0.39, 0.29) is 6.23 Å². The third kappa shape index (κ3) is 3.73. The molecule has 1 aliphatic heterocycles. The largest absolute Gasteiger partial charge is 0.497 e. The normalized spacial score (nSPS) is 16.5. The van der Waals surface area contributed by atoms with Crippen LogP contribution in [0.5, 0.6) is 11.5 Å². The number of rotatable bonds is 6. The van der Waals surface area contributed by atoms with Crippen LogP contribution >= 0.6 is 0 Å². The minimum absolute atomic E-state index is 0.254. The highest BCUT2D eigenvalue weighted by molar-refractivity contribution is 5.52. The van der Waals surface area contributed by atoms with Crippen molar-refractivity contribution in [3.8, 4) is 11.5 Å². The fourth-order valence-corrected chi connectivity index (χ4v) is 3.23. The van der Waals surface area contributed by atoms with E-state index in [1.807, 2.05) is 59.4 Å². The van der Waals surface area contributed by atoms with Crippen LogP contribution in [0.15, 0.2) is 54.7 Å². The van der Waals surface area contributed by atoms with E-state index in [0.717, 1.165) is 35.0 Å². The molecule has 3 aromatic rings. The Hall–Kier alpha value is -3.06. The van der Waals surface area contributed by atoms with Crippen LogP contribution in [0, 0.1) is 0 Å². The summed E-state index contributed by atoms with van der Waals surface area (Å²) in [6, 6.07) is 15.9. The van der Waals surface area contributed by atoms with Gasteiger partial charge in [-0.1, -0.05) is 23.4 Å². The monoisotopic (exact) mass is 366 g/mol. The lowest BCUT2D eigenvalue weighted by molar-refractivity contribution is 0.110. The molecule has 1 aromatic heterocycles. The maximum Gasteiger partial charge on any atom is 0.177 e. The fraction of sp³-hybridized carbons (Fsp3) is 0.300. The summed E-state index contributed by atoms with van der Waals surface area (Å²) in [6.45, 7) is 2.06. The second-order valence-corrected chi connectivity index (χ2v) is 6.31. The van der Waals surface area contributed by atoms with Gasteiger partial charge >= 0.3 is 0 Å². The highest BCUT2D eigenvalue weighted by Gasteiger charge is 2.29. The Balaban J connectivity index is 1.53. The van der Waals surface area contributed by atoms with Crippen molar-refractivity contribution < 1.29 is 14.2 Å². The number of anilines is 1. The van der Waals surface area contributed by atoms with Crippen LogP contribution in [0.1, 0.15) is 17.5 Å². The van der Waals surface area contributed by atoms with Crippen LogP contribution < -0.4 is 14.4 Å². The third-order valence-electron chi connectivity index (χ3n) is 4.56. The molecule has 2 heterocycles. The van der Waals surface area contributed by atoms with Gasteiger partial charge in [0.15, 0.2) is 6.23 Å². The molecule has 0 saturated carbocycles. The standard InChI is InChI=1S/C20H22N4O3/c1-25-17-7-3-5-15(11-17)13-23-14-19(21-22-23)20-24(9-10-27-20)16-6-4-8-18(12-16)26-2/h3-8,11-12,14,20H,9-10,13H2,1-2H3/t20-/m1/s1. The van der Waals surface area contributed by atoms with E-state index >= 15 is 0 Å². The molecule has 4 rings (SSSR count). The van der Waals surface area contributed by atoms with Gasteiger partial charge in [-0.2, -0.15) is 0 Å². The summed E-state index contributed by atoms with van der Waals surface area (Å²) in [5.41, 5.74) is 2.93. The molecule has 1 saturated heterocycles. The lowest BCUT2D eigenvalue weighted by Gasteiger charge is -2.23. The van der Waals surface area contributed by atoms with Gasteiger partial charge in [0, 0.05) is 18.3 Å². The number of hydrogen-bond donors (Lipinski definition) is 0. The topological polar surface area (TPSA) is 61.6 Å². The van der Waals surface area contributed by atoms with Crippen molar-refractivity contribution in [1.29, 1.82) is 0 Å². The lowest BCUT2D eigenvalue weighted by Crippen LogP contribution is -2.23. The molecular formula is C20H22N4O3. The first-order valence-electron chi connectivity index (χ1n) is 8.82. The van der Waals surface area contributed by atoms with E-state index in [0.29, 0.717) is 13.2 Å². The Morgan fingerprint density at radius 3 is 2.67 bits per heavy atom. The zero-order chi connectivity index (χ0) is 18.6. The van der Waals surface area contributed by atoms with Crippen LogP contribution in [0.25, 0.3) is 0 Å². The molecule has 7 nitrogen and oxygen atoms in total. The van der Waals surface area contributed by atoms with Crippen LogP contribution in [-0.4, -0.2) is 42.4 Å². The summed E-state index contributed by atoms with van der Waals surface area (Å²) in [5, 5.41) is 8.61. The van der Waals surface area contributed by atoms with E-state index < -0.39 is 0 Å². The molecule has 0 radical (unpaired) electrons. The molecule has 1 atom stereocenters. The van der Waals surface area contributed by atoms with Crippen molar-refractivity contribution in [3.63, 3.8) is 0 Å². The van der Waals surface area contributed by atoms with Gasteiger partial charge in [0.05, 0.1) is 33.6 Å². The molecule has 0 amide bonds. The molecule has 0 bridgehead atoms. The molecule has 0 unspecified atom stereocenters. The summed E-state index contributed by atoms with van der Waals surface area (Å²) in [6.07, 6.45) is 1.68. The summed E-state index contributed by atoms with van der Waals surface area (Å²) in [5.74, 6) is 1.65. The van der Waals surface area contributed by atoms with Gasteiger partial charge in [-0.15, -0.1) is 5.10 Å². The highest BCUT2D eigenvalue weighted by atomic mass is 16.5. The Bertz CT molecular complexity index is 912. The first kappa shape index (κ1) is 17.4. The van der Waals surface area contributed by atoms with Crippen molar-refractivity contribution in [2.45, 2.75) is 12.8 Å². The van der Waals surface area contributed by atoms with E-state index in [9.17, 15) is 0 Å². The molecule has 7 heteroatoms. The van der Waals surface area contributed by atoms with Crippen molar-refractivity contribution in [2.75, 3.05) is 32.3 Å². The minimum atomic E-state index is -0.254. The smallest absolute Gasteiger partial charge is 0.177 e. The second kappa shape index (κ2) is 7.67. The second-order valence-electron chi connectivity index (χ2n) is 6.31. The number of hydrogen-bond acceptors (Lipinski definition) is 6. The van der Waals surface area contributed by atoms with Crippen LogP contribution in [-0.2, 0) is 11.3 Å². The molecule has 1 aliphatic rings. The van der Waals surface area contributed by atoms with Gasteiger partial charge < -0.3 is 19.1 Å². The van der Waals surface area contributed by atoms with Crippen molar-refractivity contribution in [3.05, 3.63) is 66.0 Å². The zero-order valence-corrected chi connectivity index (χ0v) is 15.4. The maximum atomic E-state index is 5.93. The van der Waals surface area contributed by atoms with E-state index in [2.05, 4.69) is 15.2 Å². The summed E-state index contributed by atoms with van der Waals surface area (Å²) in [7, 11) is 3.33. The van der Waals surface area contributed by atoms with Gasteiger partial charge in [0.1, 0.15) is 17.2 Å². The number of ether oxygens (including phenoxy) is 3. The predicted octanol–water partition coefficient (Wildman–Crippen LogP) is 2.88. The minimum Gasteiger partial charge on any atom is -0.497 e.